The summed E-state index contributed by atoms with van der Waals surface area (Å²) in [5.41, 5.74) is 6.35. The fraction of sp³-hybridized carbons (Fsp3) is 0.188. The van der Waals surface area contributed by atoms with Crippen LogP contribution in [0.25, 0.3) is 0 Å². The van der Waals surface area contributed by atoms with Gasteiger partial charge in [0.25, 0.3) is 0 Å². The molecular weight excluding hydrogens is 469 g/mol. The van der Waals surface area contributed by atoms with Crippen LogP contribution in [-0.2, 0) is 13.2 Å². The monoisotopic (exact) mass is 485 g/mol. The molecule has 0 saturated carbocycles. The Kier molecular flexibility index (Phi) is 8.08. The molecule has 2 aromatic rings. The summed E-state index contributed by atoms with van der Waals surface area (Å²) in [6, 6.07) is 9.45. The molecule has 0 aliphatic rings. The Morgan fingerprint density at radius 2 is 1.88 bits per heavy atom. The van der Waals surface area contributed by atoms with Gasteiger partial charge in [0, 0.05) is 5.56 Å². The van der Waals surface area contributed by atoms with Gasteiger partial charge in [0.1, 0.15) is 5.82 Å². The molecule has 0 amide bonds. The van der Waals surface area contributed by atoms with Crippen molar-refractivity contribution in [1.29, 1.82) is 0 Å². The first-order valence-corrected chi connectivity index (χ1v) is 7.08. The number of para-hydroxylation sites is 2. The zero-order valence-electron chi connectivity index (χ0n) is 13.3. The van der Waals surface area contributed by atoms with E-state index in [1.165, 1.54) is 36.4 Å². The minimum atomic E-state index is -4.83. The van der Waals surface area contributed by atoms with Crippen molar-refractivity contribution < 1.29 is 27.4 Å². The molecule has 0 aromatic heterocycles. The van der Waals surface area contributed by atoms with Gasteiger partial charge in [-0.25, -0.2) is 9.38 Å². The van der Waals surface area contributed by atoms with E-state index in [1.807, 2.05) is 0 Å². The first kappa shape index (κ1) is 22.0. The average molecular weight is 485 g/mol. The second-order valence-electron chi connectivity index (χ2n) is 4.95. The van der Waals surface area contributed by atoms with E-state index in [0.717, 1.165) is 6.07 Å². The molecule has 4 N–H and O–H groups in total. The van der Waals surface area contributed by atoms with E-state index in [9.17, 15) is 17.6 Å². The van der Waals surface area contributed by atoms with Crippen molar-refractivity contribution in [2.45, 2.75) is 19.5 Å². The van der Waals surface area contributed by atoms with Crippen LogP contribution in [0.15, 0.2) is 47.5 Å². The molecule has 0 aliphatic carbocycles. The maximum atomic E-state index is 13.3. The zero-order chi connectivity index (χ0) is 18.4. The van der Waals surface area contributed by atoms with Gasteiger partial charge in [0.2, 0.25) is 0 Å². The Hall–Kier alpha value is -2.08. The highest BCUT2D eigenvalue weighted by atomic mass is 127. The lowest BCUT2D eigenvalue weighted by Crippen LogP contribution is -2.24. The number of anilines is 1. The summed E-state index contributed by atoms with van der Waals surface area (Å²) in [4.78, 5) is 3.97. The van der Waals surface area contributed by atoms with Crippen LogP contribution in [-0.4, -0.2) is 17.4 Å². The van der Waals surface area contributed by atoms with E-state index in [0.29, 0.717) is 5.56 Å². The molecule has 0 bridgehead atoms. The third kappa shape index (κ3) is 6.67. The third-order valence-corrected chi connectivity index (χ3v) is 3.09. The number of alkyl halides is 3. The van der Waals surface area contributed by atoms with Crippen molar-refractivity contribution in [1.82, 2.24) is 0 Å². The molecule has 0 heterocycles. The highest BCUT2D eigenvalue weighted by molar-refractivity contribution is 14.0. The average Bonchev–Trinajstić information content (AvgIpc) is 2.54. The molecule has 5 nitrogen and oxygen atoms in total. The number of aliphatic hydroxyl groups excluding tert-OH is 1. The summed E-state index contributed by atoms with van der Waals surface area (Å²) in [5, 5.41) is 11.5. The molecule has 2 aromatic carbocycles. The number of hydrogen-bond donors (Lipinski definition) is 3. The standard InChI is InChI=1S/C16H15F4N3O2.HI/c17-12-6-5-10(7-11(12)9-24)8-22-15(21)23-13-3-1-2-4-14(13)25-16(18,19)20;/h1-7,24H,8-9H2,(H3,21,22,23);1H. The number of halogens is 5. The quantitative estimate of drug-likeness (QED) is 0.261. The molecule has 0 unspecified atom stereocenters. The van der Waals surface area contributed by atoms with E-state index >= 15 is 0 Å². The van der Waals surface area contributed by atoms with Gasteiger partial charge in [-0.3, -0.25) is 0 Å². The summed E-state index contributed by atoms with van der Waals surface area (Å²) in [6.45, 7) is -0.409. The number of nitrogens with two attached hydrogens (primary N) is 1. The highest BCUT2D eigenvalue weighted by Gasteiger charge is 2.32. The van der Waals surface area contributed by atoms with Gasteiger partial charge in [0.15, 0.2) is 11.7 Å². The molecule has 0 spiro atoms. The van der Waals surface area contributed by atoms with Crippen molar-refractivity contribution in [3.05, 3.63) is 59.4 Å². The molecule has 0 radical (unpaired) electrons. The Balaban J connectivity index is 0.00000338. The minimum Gasteiger partial charge on any atom is -0.404 e. The molecular formula is C16H16F4IN3O2. The van der Waals surface area contributed by atoms with Gasteiger partial charge in [0.05, 0.1) is 18.8 Å². The molecule has 142 valence electrons. The number of aliphatic imine (C=N–C) groups is 1. The topological polar surface area (TPSA) is 79.9 Å². The third-order valence-electron chi connectivity index (χ3n) is 3.09. The van der Waals surface area contributed by atoms with Crippen molar-refractivity contribution in [3.63, 3.8) is 0 Å². The number of nitrogens with zero attached hydrogens (tertiary/aromatic N) is 1. The van der Waals surface area contributed by atoms with Gasteiger partial charge in [-0.1, -0.05) is 18.2 Å². The SMILES string of the molecule is I.NC(=NCc1ccc(F)c(CO)c1)Nc1ccccc1OC(F)(F)F. The highest BCUT2D eigenvalue weighted by Crippen LogP contribution is 2.29. The number of aliphatic hydroxyl groups is 1. The van der Waals surface area contributed by atoms with Crippen molar-refractivity contribution in [2.75, 3.05) is 5.32 Å². The summed E-state index contributed by atoms with van der Waals surface area (Å²) in [7, 11) is 0. The van der Waals surface area contributed by atoms with Crippen LogP contribution in [0, 0.1) is 5.82 Å². The first-order chi connectivity index (χ1) is 11.8. The lowest BCUT2D eigenvalue weighted by Gasteiger charge is -2.14. The van der Waals surface area contributed by atoms with Crippen LogP contribution in [0.3, 0.4) is 0 Å². The largest absolute Gasteiger partial charge is 0.573 e. The van der Waals surface area contributed by atoms with Gasteiger partial charge < -0.3 is 20.9 Å². The Morgan fingerprint density at radius 1 is 1.19 bits per heavy atom. The molecule has 26 heavy (non-hydrogen) atoms. The molecule has 10 heteroatoms. The fourth-order valence-electron chi connectivity index (χ4n) is 1.99. The fourth-order valence-corrected chi connectivity index (χ4v) is 1.99. The van der Waals surface area contributed by atoms with Gasteiger partial charge >= 0.3 is 6.36 Å². The molecule has 0 aliphatic heterocycles. The zero-order valence-corrected chi connectivity index (χ0v) is 15.6. The molecule has 0 fully saturated rings. The van der Waals surface area contributed by atoms with E-state index in [1.54, 1.807) is 0 Å². The predicted octanol–water partition coefficient (Wildman–Crippen LogP) is 3.76. The normalized spacial score (nSPS) is 11.7. The van der Waals surface area contributed by atoms with Gasteiger partial charge in [-0.15, -0.1) is 37.1 Å². The first-order valence-electron chi connectivity index (χ1n) is 7.08. The number of ether oxygens (including phenoxy) is 1. The van der Waals surface area contributed by atoms with Crippen LogP contribution in [0.1, 0.15) is 11.1 Å². The predicted molar refractivity (Wildman–Crippen MR) is 99.8 cm³/mol. The number of guanidine groups is 1. The van der Waals surface area contributed by atoms with E-state index < -0.39 is 24.5 Å². The number of nitrogens with one attached hydrogen (secondary N) is 1. The van der Waals surface area contributed by atoms with Gasteiger partial charge in [-0.2, -0.15) is 0 Å². The number of rotatable bonds is 5. The lowest BCUT2D eigenvalue weighted by atomic mass is 10.1. The van der Waals surface area contributed by atoms with Gasteiger partial charge in [-0.05, 0) is 29.8 Å². The van der Waals surface area contributed by atoms with Crippen LogP contribution in [0.5, 0.6) is 5.75 Å². The summed E-state index contributed by atoms with van der Waals surface area (Å²) in [6.07, 6.45) is -4.83. The van der Waals surface area contributed by atoms with Crippen molar-refractivity contribution in [2.24, 2.45) is 10.7 Å². The Morgan fingerprint density at radius 3 is 2.54 bits per heavy atom. The van der Waals surface area contributed by atoms with Crippen molar-refractivity contribution >= 4 is 35.6 Å². The van der Waals surface area contributed by atoms with Crippen molar-refractivity contribution in [3.8, 4) is 5.75 Å². The Bertz CT molecular complexity index is 769. The van der Waals surface area contributed by atoms with Crippen LogP contribution in [0.4, 0.5) is 23.2 Å². The lowest BCUT2D eigenvalue weighted by molar-refractivity contribution is -0.274. The van der Waals surface area contributed by atoms with E-state index in [-0.39, 0.29) is 47.7 Å². The van der Waals surface area contributed by atoms with E-state index in [4.69, 9.17) is 10.8 Å². The maximum absolute atomic E-state index is 13.3. The smallest absolute Gasteiger partial charge is 0.404 e. The van der Waals surface area contributed by atoms with E-state index in [2.05, 4.69) is 15.0 Å². The van der Waals surface area contributed by atoms with Crippen LogP contribution in [0.2, 0.25) is 0 Å². The number of hydrogen-bond acceptors (Lipinski definition) is 3. The summed E-state index contributed by atoms with van der Waals surface area (Å²) in [5.74, 6) is -1.13. The summed E-state index contributed by atoms with van der Waals surface area (Å²) >= 11 is 0. The molecule has 0 atom stereocenters. The molecule has 2 rings (SSSR count). The van der Waals surface area contributed by atoms with Crippen LogP contribution >= 0.6 is 24.0 Å². The number of benzene rings is 2. The van der Waals surface area contributed by atoms with Crippen LogP contribution < -0.4 is 15.8 Å². The maximum Gasteiger partial charge on any atom is 0.573 e. The second kappa shape index (κ2) is 9.57. The molecule has 0 saturated heterocycles. The Labute approximate surface area is 163 Å². The second-order valence-corrected chi connectivity index (χ2v) is 4.95. The minimum absolute atomic E-state index is 0. The summed E-state index contributed by atoms with van der Waals surface area (Å²) < 4.78 is 54.3.